The van der Waals surface area contributed by atoms with Crippen molar-refractivity contribution in [3.05, 3.63) is 22.8 Å². The van der Waals surface area contributed by atoms with Crippen molar-refractivity contribution in [2.75, 3.05) is 13.1 Å². The molecule has 0 aliphatic carbocycles. The van der Waals surface area contributed by atoms with Gasteiger partial charge in [-0.3, -0.25) is 4.79 Å². The molecule has 0 atom stereocenters. The van der Waals surface area contributed by atoms with E-state index in [1.54, 1.807) is 6.92 Å². The van der Waals surface area contributed by atoms with Gasteiger partial charge in [0.25, 0.3) is 0 Å². The van der Waals surface area contributed by atoms with Gasteiger partial charge in [0.2, 0.25) is 0 Å². The number of allylic oxidation sites excluding steroid dienone is 2. The summed E-state index contributed by atoms with van der Waals surface area (Å²) in [4.78, 5) is 11.7. The first-order chi connectivity index (χ1) is 7.66. The van der Waals surface area contributed by atoms with Crippen LogP contribution in [0.1, 0.15) is 46.5 Å². The van der Waals surface area contributed by atoms with E-state index in [0.29, 0.717) is 0 Å². The lowest BCUT2D eigenvalue weighted by molar-refractivity contribution is -0.113. The van der Waals surface area contributed by atoms with E-state index in [4.69, 9.17) is 0 Å². The third-order valence-electron chi connectivity index (χ3n) is 3.07. The number of carbonyl (C=O) groups is 1. The van der Waals surface area contributed by atoms with Gasteiger partial charge >= 0.3 is 0 Å². The Morgan fingerprint density at radius 2 is 2.25 bits per heavy atom. The SMILES string of the molecule is CCCC/C=C(/C(C)=O)C1=C(C)CNCC1. The number of carbonyl (C=O) groups excluding carboxylic acids is 1. The van der Waals surface area contributed by atoms with E-state index in [0.717, 1.165) is 31.5 Å². The molecular formula is C14H23NO. The number of unbranched alkanes of at least 4 members (excludes halogenated alkanes) is 2. The molecule has 16 heavy (non-hydrogen) atoms. The minimum absolute atomic E-state index is 0.215. The molecule has 1 aliphatic heterocycles. The Bertz CT molecular complexity index is 313. The average molecular weight is 221 g/mol. The Morgan fingerprint density at radius 1 is 1.50 bits per heavy atom. The van der Waals surface area contributed by atoms with Crippen LogP contribution in [-0.4, -0.2) is 18.9 Å². The molecule has 0 radical (unpaired) electrons. The van der Waals surface area contributed by atoms with Gasteiger partial charge in [0.15, 0.2) is 5.78 Å². The number of hydrogen-bond acceptors (Lipinski definition) is 2. The molecule has 0 aromatic carbocycles. The molecule has 0 amide bonds. The van der Waals surface area contributed by atoms with Gasteiger partial charge in [-0.25, -0.2) is 0 Å². The number of rotatable bonds is 5. The molecule has 1 heterocycles. The molecule has 0 aromatic heterocycles. The molecule has 0 unspecified atom stereocenters. The number of Topliss-reactive ketones (excluding diaryl/α,β-unsaturated/α-hetero) is 1. The van der Waals surface area contributed by atoms with Gasteiger partial charge in [0.05, 0.1) is 0 Å². The fraction of sp³-hybridized carbons (Fsp3) is 0.643. The Morgan fingerprint density at radius 3 is 2.81 bits per heavy atom. The molecule has 1 N–H and O–H groups in total. The van der Waals surface area contributed by atoms with E-state index in [1.807, 2.05) is 0 Å². The minimum atomic E-state index is 0.215. The number of hydrogen-bond donors (Lipinski definition) is 1. The normalized spacial score (nSPS) is 17.8. The lowest BCUT2D eigenvalue weighted by atomic mass is 9.92. The summed E-state index contributed by atoms with van der Waals surface area (Å²) in [6.07, 6.45) is 6.50. The summed E-state index contributed by atoms with van der Waals surface area (Å²) in [5.41, 5.74) is 3.57. The monoisotopic (exact) mass is 221 g/mol. The van der Waals surface area contributed by atoms with Gasteiger partial charge in [0.1, 0.15) is 0 Å². The first-order valence-corrected chi connectivity index (χ1v) is 6.27. The number of ketones is 1. The van der Waals surface area contributed by atoms with Crippen molar-refractivity contribution in [1.29, 1.82) is 0 Å². The molecule has 90 valence electrons. The van der Waals surface area contributed by atoms with Gasteiger partial charge < -0.3 is 5.32 Å². The Balaban J connectivity index is 2.84. The summed E-state index contributed by atoms with van der Waals surface area (Å²) < 4.78 is 0. The van der Waals surface area contributed by atoms with Crippen LogP contribution in [0.2, 0.25) is 0 Å². The van der Waals surface area contributed by atoms with Crippen LogP contribution in [-0.2, 0) is 4.79 Å². The van der Waals surface area contributed by atoms with E-state index >= 15 is 0 Å². The maximum Gasteiger partial charge on any atom is 0.159 e. The maximum atomic E-state index is 11.7. The molecule has 1 rings (SSSR count). The molecule has 1 aliphatic rings. The first-order valence-electron chi connectivity index (χ1n) is 6.27. The average Bonchev–Trinajstić information content (AvgIpc) is 2.25. The maximum absolute atomic E-state index is 11.7. The van der Waals surface area contributed by atoms with Crippen LogP contribution < -0.4 is 5.32 Å². The highest BCUT2D eigenvalue weighted by Gasteiger charge is 2.15. The van der Waals surface area contributed by atoms with Crippen molar-refractivity contribution in [1.82, 2.24) is 5.32 Å². The number of nitrogens with one attached hydrogen (secondary N) is 1. The Kier molecular flexibility index (Phi) is 5.47. The van der Waals surface area contributed by atoms with E-state index in [9.17, 15) is 4.79 Å². The molecule has 0 saturated heterocycles. The summed E-state index contributed by atoms with van der Waals surface area (Å²) in [7, 11) is 0. The summed E-state index contributed by atoms with van der Waals surface area (Å²) in [6, 6.07) is 0. The van der Waals surface area contributed by atoms with Crippen LogP contribution in [0.3, 0.4) is 0 Å². The highest BCUT2D eigenvalue weighted by atomic mass is 16.1. The summed E-state index contributed by atoms with van der Waals surface area (Å²) in [5.74, 6) is 0.215. The van der Waals surface area contributed by atoms with E-state index < -0.39 is 0 Å². The van der Waals surface area contributed by atoms with Crippen molar-refractivity contribution in [2.24, 2.45) is 0 Å². The van der Waals surface area contributed by atoms with Crippen LogP contribution in [0.15, 0.2) is 22.8 Å². The zero-order valence-corrected chi connectivity index (χ0v) is 10.7. The van der Waals surface area contributed by atoms with Crippen molar-refractivity contribution >= 4 is 5.78 Å². The zero-order chi connectivity index (χ0) is 12.0. The summed E-state index contributed by atoms with van der Waals surface area (Å²) in [5, 5.41) is 3.33. The lowest BCUT2D eigenvalue weighted by Gasteiger charge is -2.20. The molecule has 0 fully saturated rings. The molecule has 0 aromatic rings. The lowest BCUT2D eigenvalue weighted by Crippen LogP contribution is -2.25. The van der Waals surface area contributed by atoms with Crippen LogP contribution in [0, 0.1) is 0 Å². The summed E-state index contributed by atoms with van der Waals surface area (Å²) in [6.45, 7) is 7.90. The molecule has 2 nitrogen and oxygen atoms in total. The second kappa shape index (κ2) is 6.64. The van der Waals surface area contributed by atoms with Gasteiger partial charge in [-0.2, -0.15) is 0 Å². The minimum Gasteiger partial charge on any atom is -0.313 e. The van der Waals surface area contributed by atoms with Crippen molar-refractivity contribution in [3.8, 4) is 0 Å². The fourth-order valence-electron chi connectivity index (χ4n) is 2.10. The predicted octanol–water partition coefficient (Wildman–Crippen LogP) is 3.00. The van der Waals surface area contributed by atoms with Crippen LogP contribution >= 0.6 is 0 Å². The van der Waals surface area contributed by atoms with Crippen molar-refractivity contribution < 1.29 is 4.79 Å². The largest absolute Gasteiger partial charge is 0.313 e. The standard InChI is InChI=1S/C14H23NO/c1-4-5-6-7-14(12(3)16)13-8-9-15-10-11(13)2/h7,15H,4-6,8-10H2,1-3H3/b14-7-. The van der Waals surface area contributed by atoms with Crippen molar-refractivity contribution in [2.45, 2.75) is 46.5 Å². The van der Waals surface area contributed by atoms with E-state index in [-0.39, 0.29) is 5.78 Å². The molecule has 0 bridgehead atoms. The fourth-order valence-corrected chi connectivity index (χ4v) is 2.10. The highest BCUT2D eigenvalue weighted by Crippen LogP contribution is 2.22. The molecule has 2 heteroatoms. The highest BCUT2D eigenvalue weighted by molar-refractivity contribution is 5.97. The van der Waals surface area contributed by atoms with Gasteiger partial charge in [-0.15, -0.1) is 0 Å². The quantitative estimate of drug-likeness (QED) is 0.571. The van der Waals surface area contributed by atoms with Gasteiger partial charge in [-0.05, 0) is 38.8 Å². The van der Waals surface area contributed by atoms with E-state index in [2.05, 4.69) is 25.2 Å². The van der Waals surface area contributed by atoms with Crippen LogP contribution in [0.5, 0.6) is 0 Å². The zero-order valence-electron chi connectivity index (χ0n) is 10.7. The second-order valence-electron chi connectivity index (χ2n) is 4.50. The van der Waals surface area contributed by atoms with Gasteiger partial charge in [0, 0.05) is 12.1 Å². The van der Waals surface area contributed by atoms with Gasteiger partial charge in [-0.1, -0.05) is 31.4 Å². The third-order valence-corrected chi connectivity index (χ3v) is 3.07. The van der Waals surface area contributed by atoms with Crippen LogP contribution in [0.4, 0.5) is 0 Å². The first kappa shape index (κ1) is 13.2. The Hall–Kier alpha value is -0.890. The third kappa shape index (κ3) is 3.60. The predicted molar refractivity (Wildman–Crippen MR) is 68.5 cm³/mol. The topological polar surface area (TPSA) is 29.1 Å². The second-order valence-corrected chi connectivity index (χ2v) is 4.50. The van der Waals surface area contributed by atoms with Crippen molar-refractivity contribution in [3.63, 3.8) is 0 Å². The van der Waals surface area contributed by atoms with E-state index in [1.165, 1.54) is 24.0 Å². The molecular weight excluding hydrogens is 198 g/mol. The Labute approximate surface area is 98.8 Å². The molecule has 0 saturated carbocycles. The molecule has 0 spiro atoms. The van der Waals surface area contributed by atoms with Crippen LogP contribution in [0.25, 0.3) is 0 Å². The summed E-state index contributed by atoms with van der Waals surface area (Å²) >= 11 is 0. The smallest absolute Gasteiger partial charge is 0.159 e.